The van der Waals surface area contributed by atoms with Gasteiger partial charge in [0, 0.05) is 12.6 Å². The molecule has 9 nitrogen and oxygen atoms in total. The molecule has 1 unspecified atom stereocenters. The average Bonchev–Trinajstić information content (AvgIpc) is 3.01. The van der Waals surface area contributed by atoms with Crippen molar-refractivity contribution in [1.82, 2.24) is 4.90 Å². The minimum atomic E-state index is -0.424. The molecule has 1 aliphatic heterocycles. The molecule has 0 aromatic heterocycles. The monoisotopic (exact) mass is 547 g/mol. The third-order valence-corrected chi connectivity index (χ3v) is 6.79. The lowest BCUT2D eigenvalue weighted by atomic mass is 9.92. The van der Waals surface area contributed by atoms with Crippen LogP contribution in [0.25, 0.3) is 6.08 Å². The maximum atomic E-state index is 13.5. The van der Waals surface area contributed by atoms with E-state index in [4.69, 9.17) is 28.4 Å². The Kier molecular flexibility index (Phi) is 9.16. The number of rotatable bonds is 10. The van der Waals surface area contributed by atoms with Gasteiger partial charge in [0.05, 0.1) is 47.2 Å². The first-order valence-electron chi connectivity index (χ1n) is 12.7. The van der Waals surface area contributed by atoms with Crippen LogP contribution in [0.5, 0.6) is 28.7 Å². The molecule has 210 valence electrons. The number of nitrogens with zero attached hydrogens (tertiary/aromatic N) is 1. The highest BCUT2D eigenvalue weighted by Gasteiger charge is 2.32. The van der Waals surface area contributed by atoms with E-state index in [-0.39, 0.29) is 12.5 Å². The van der Waals surface area contributed by atoms with Gasteiger partial charge in [-0.2, -0.15) is 0 Å². The molecule has 40 heavy (non-hydrogen) atoms. The van der Waals surface area contributed by atoms with Crippen LogP contribution in [0.3, 0.4) is 0 Å². The molecular formula is C31H33NO8. The fraction of sp³-hybridized carbons (Fsp3) is 0.290. The molecule has 9 heteroatoms. The number of carbonyl (C=O) groups is 2. The van der Waals surface area contributed by atoms with Gasteiger partial charge < -0.3 is 33.3 Å². The van der Waals surface area contributed by atoms with E-state index in [1.54, 1.807) is 75.8 Å². The van der Waals surface area contributed by atoms with Gasteiger partial charge in [-0.05, 0) is 77.7 Å². The summed E-state index contributed by atoms with van der Waals surface area (Å²) in [5.74, 6) is 2.37. The molecule has 0 saturated heterocycles. The number of ether oxygens (including phenoxy) is 6. The Labute approximate surface area is 233 Å². The number of fused-ring (bicyclic) bond motifs is 1. The second kappa shape index (κ2) is 12.9. The lowest BCUT2D eigenvalue weighted by Crippen LogP contribution is -2.41. The number of hydrogen-bond acceptors (Lipinski definition) is 8. The zero-order chi connectivity index (χ0) is 28.6. The minimum Gasteiger partial charge on any atom is -0.493 e. The van der Waals surface area contributed by atoms with Gasteiger partial charge in [0.15, 0.2) is 23.0 Å². The van der Waals surface area contributed by atoms with Gasteiger partial charge in [0.1, 0.15) is 12.4 Å². The van der Waals surface area contributed by atoms with Crippen molar-refractivity contribution in [2.75, 3.05) is 48.7 Å². The predicted molar refractivity (Wildman–Crippen MR) is 150 cm³/mol. The van der Waals surface area contributed by atoms with Crippen molar-refractivity contribution in [2.24, 2.45) is 0 Å². The van der Waals surface area contributed by atoms with Crippen molar-refractivity contribution in [2.45, 2.75) is 12.5 Å². The zero-order valence-electron chi connectivity index (χ0n) is 23.3. The smallest absolute Gasteiger partial charge is 0.337 e. The molecule has 0 bridgehead atoms. The number of amides is 1. The molecule has 3 aromatic rings. The molecule has 1 amide bonds. The summed E-state index contributed by atoms with van der Waals surface area (Å²) in [6.07, 6.45) is 3.94. The van der Waals surface area contributed by atoms with Crippen molar-refractivity contribution in [3.05, 3.63) is 82.9 Å². The highest BCUT2D eigenvalue weighted by atomic mass is 16.5. The fourth-order valence-corrected chi connectivity index (χ4v) is 4.67. The standard InChI is InChI=1S/C31H33NO8/c1-35-26-12-6-20(16-27(26)36-2)7-13-30(33)32-15-14-22-17-28(37-3)29(38-4)18-24(22)25(32)19-40-23-10-8-21(9-11-23)31(34)39-5/h6-13,16-18,25H,14-15,19H2,1-5H3/b13-7+. The second-order valence-electron chi connectivity index (χ2n) is 8.98. The molecule has 0 aliphatic carbocycles. The Morgan fingerprint density at radius 3 is 2.12 bits per heavy atom. The van der Waals surface area contributed by atoms with E-state index in [1.807, 2.05) is 24.3 Å². The summed E-state index contributed by atoms with van der Waals surface area (Å²) in [6.45, 7) is 0.683. The van der Waals surface area contributed by atoms with E-state index in [0.717, 1.165) is 16.7 Å². The second-order valence-corrected chi connectivity index (χ2v) is 8.98. The highest BCUT2D eigenvalue weighted by molar-refractivity contribution is 5.92. The molecule has 0 fully saturated rings. The molecule has 3 aromatic carbocycles. The van der Waals surface area contributed by atoms with E-state index in [1.165, 1.54) is 7.11 Å². The van der Waals surface area contributed by atoms with E-state index < -0.39 is 12.0 Å². The van der Waals surface area contributed by atoms with E-state index in [0.29, 0.717) is 47.3 Å². The Balaban J connectivity index is 1.61. The third-order valence-electron chi connectivity index (χ3n) is 6.79. The summed E-state index contributed by atoms with van der Waals surface area (Å²) in [5.41, 5.74) is 3.20. The molecule has 1 atom stereocenters. The van der Waals surface area contributed by atoms with Gasteiger partial charge in [-0.1, -0.05) is 6.07 Å². The van der Waals surface area contributed by atoms with Crippen LogP contribution >= 0.6 is 0 Å². The lowest BCUT2D eigenvalue weighted by molar-refractivity contribution is -0.129. The zero-order valence-corrected chi connectivity index (χ0v) is 23.3. The van der Waals surface area contributed by atoms with E-state index >= 15 is 0 Å². The number of esters is 1. The van der Waals surface area contributed by atoms with Crippen LogP contribution in [0, 0.1) is 0 Å². The molecule has 0 spiro atoms. The van der Waals surface area contributed by atoms with Crippen molar-refractivity contribution in [1.29, 1.82) is 0 Å². The number of hydrogen-bond donors (Lipinski definition) is 0. The Hall–Kier alpha value is -4.66. The Morgan fingerprint density at radius 1 is 0.825 bits per heavy atom. The maximum Gasteiger partial charge on any atom is 0.337 e. The quantitative estimate of drug-likeness (QED) is 0.266. The molecule has 1 aliphatic rings. The normalized spacial score (nSPS) is 14.3. The van der Waals surface area contributed by atoms with Crippen molar-refractivity contribution >= 4 is 18.0 Å². The average molecular weight is 548 g/mol. The Morgan fingerprint density at radius 2 is 1.48 bits per heavy atom. The summed E-state index contributed by atoms with van der Waals surface area (Å²) in [6, 6.07) is 15.6. The fourth-order valence-electron chi connectivity index (χ4n) is 4.67. The number of methoxy groups -OCH3 is 5. The van der Waals surface area contributed by atoms with Crippen LogP contribution in [-0.4, -0.2) is 65.5 Å². The number of benzene rings is 3. The molecule has 4 rings (SSSR count). The van der Waals surface area contributed by atoms with Crippen LogP contribution < -0.4 is 23.7 Å². The highest BCUT2D eigenvalue weighted by Crippen LogP contribution is 2.38. The first-order valence-corrected chi connectivity index (χ1v) is 12.7. The predicted octanol–water partition coefficient (Wildman–Crippen LogP) is 4.73. The molecule has 0 N–H and O–H groups in total. The summed E-state index contributed by atoms with van der Waals surface area (Å²) in [5, 5.41) is 0. The molecule has 0 radical (unpaired) electrons. The van der Waals surface area contributed by atoms with E-state index in [2.05, 4.69) is 0 Å². The van der Waals surface area contributed by atoms with Crippen LogP contribution in [0.4, 0.5) is 0 Å². The van der Waals surface area contributed by atoms with Crippen LogP contribution in [0.1, 0.15) is 33.1 Å². The maximum absolute atomic E-state index is 13.5. The number of carbonyl (C=O) groups excluding carboxylic acids is 2. The first-order chi connectivity index (χ1) is 19.4. The van der Waals surface area contributed by atoms with Crippen molar-refractivity contribution < 1.29 is 38.0 Å². The molecule has 1 heterocycles. The summed E-state index contributed by atoms with van der Waals surface area (Å²) in [7, 11) is 7.66. The van der Waals surface area contributed by atoms with Gasteiger partial charge in [0.2, 0.25) is 5.91 Å². The van der Waals surface area contributed by atoms with Gasteiger partial charge in [-0.25, -0.2) is 4.79 Å². The molecule has 0 saturated carbocycles. The minimum absolute atomic E-state index is 0.162. The summed E-state index contributed by atoms with van der Waals surface area (Å²) >= 11 is 0. The van der Waals surface area contributed by atoms with Gasteiger partial charge >= 0.3 is 5.97 Å². The third kappa shape index (κ3) is 6.14. The van der Waals surface area contributed by atoms with Crippen LogP contribution in [0.2, 0.25) is 0 Å². The van der Waals surface area contributed by atoms with Gasteiger partial charge in [-0.3, -0.25) is 4.79 Å². The van der Waals surface area contributed by atoms with Crippen molar-refractivity contribution in [3.63, 3.8) is 0 Å². The van der Waals surface area contributed by atoms with Crippen LogP contribution in [0.15, 0.2) is 60.7 Å². The van der Waals surface area contributed by atoms with Gasteiger partial charge in [0.25, 0.3) is 0 Å². The Bertz CT molecular complexity index is 1380. The van der Waals surface area contributed by atoms with E-state index in [9.17, 15) is 9.59 Å². The largest absolute Gasteiger partial charge is 0.493 e. The SMILES string of the molecule is COC(=O)c1ccc(OCC2c3cc(OC)c(OC)cc3CCN2C(=O)/C=C/c2ccc(OC)c(OC)c2)cc1. The van der Waals surface area contributed by atoms with Gasteiger partial charge in [-0.15, -0.1) is 0 Å². The van der Waals surface area contributed by atoms with Crippen molar-refractivity contribution in [3.8, 4) is 28.7 Å². The lowest BCUT2D eigenvalue weighted by Gasteiger charge is -2.37. The summed E-state index contributed by atoms with van der Waals surface area (Å²) < 4.78 is 32.6. The summed E-state index contributed by atoms with van der Waals surface area (Å²) in [4.78, 5) is 27.1. The first kappa shape index (κ1) is 28.4. The molecular weight excluding hydrogens is 514 g/mol. The topological polar surface area (TPSA) is 92.8 Å². The van der Waals surface area contributed by atoms with Crippen LogP contribution in [-0.2, 0) is 16.0 Å².